The fraction of sp³-hybridized carbons (Fsp3) is 0.0625. The number of fused-ring (bicyclic) bond motifs is 1. The number of hydrogen-bond acceptors (Lipinski definition) is 7. The molecular formula is C16H12N6O2S. The first kappa shape index (κ1) is 15.3. The lowest BCUT2D eigenvalue weighted by atomic mass is 9.99. The van der Waals surface area contributed by atoms with Crippen LogP contribution in [0.3, 0.4) is 0 Å². The minimum absolute atomic E-state index is 0.0855. The lowest BCUT2D eigenvalue weighted by Crippen LogP contribution is -2.05. The van der Waals surface area contributed by atoms with Gasteiger partial charge in [-0.15, -0.1) is 10.2 Å². The molecule has 0 aliphatic heterocycles. The van der Waals surface area contributed by atoms with Crippen molar-refractivity contribution in [2.75, 3.05) is 6.26 Å². The molecule has 4 aromatic rings. The number of sulfone groups is 1. The molecule has 3 aromatic heterocycles. The SMILES string of the molecule is CS(=O)(=O)c1nccc(-c2ccc3ncccc3c2)c1-c1nn[nH]n1. The van der Waals surface area contributed by atoms with Crippen LogP contribution in [0.5, 0.6) is 0 Å². The highest BCUT2D eigenvalue weighted by Crippen LogP contribution is 2.34. The molecule has 0 saturated heterocycles. The number of aromatic nitrogens is 6. The van der Waals surface area contributed by atoms with Gasteiger partial charge in [0.15, 0.2) is 14.9 Å². The first-order valence-electron chi connectivity index (χ1n) is 7.32. The molecule has 4 rings (SSSR count). The number of nitrogens with zero attached hydrogens (tertiary/aromatic N) is 5. The van der Waals surface area contributed by atoms with Crippen molar-refractivity contribution in [2.45, 2.75) is 5.03 Å². The van der Waals surface area contributed by atoms with Crippen molar-refractivity contribution in [3.05, 3.63) is 48.8 Å². The van der Waals surface area contributed by atoms with E-state index in [4.69, 9.17) is 0 Å². The van der Waals surface area contributed by atoms with Crippen LogP contribution < -0.4 is 0 Å². The summed E-state index contributed by atoms with van der Waals surface area (Å²) in [5.74, 6) is 0.176. The van der Waals surface area contributed by atoms with Gasteiger partial charge in [0.1, 0.15) is 0 Å². The van der Waals surface area contributed by atoms with Gasteiger partial charge in [0.2, 0.25) is 5.82 Å². The van der Waals surface area contributed by atoms with E-state index in [9.17, 15) is 8.42 Å². The van der Waals surface area contributed by atoms with Crippen molar-refractivity contribution in [3.63, 3.8) is 0 Å². The molecule has 0 aliphatic carbocycles. The van der Waals surface area contributed by atoms with Crippen LogP contribution in [-0.4, -0.2) is 45.3 Å². The molecule has 9 heteroatoms. The molecule has 1 aromatic carbocycles. The van der Waals surface area contributed by atoms with Crippen LogP contribution in [0.2, 0.25) is 0 Å². The molecule has 0 amide bonds. The molecular weight excluding hydrogens is 340 g/mol. The molecule has 8 nitrogen and oxygen atoms in total. The van der Waals surface area contributed by atoms with Gasteiger partial charge in [-0.25, -0.2) is 13.4 Å². The molecule has 0 unspecified atom stereocenters. The second-order valence-corrected chi connectivity index (χ2v) is 7.39. The fourth-order valence-electron chi connectivity index (χ4n) is 2.69. The summed E-state index contributed by atoms with van der Waals surface area (Å²) in [7, 11) is -3.58. The zero-order chi connectivity index (χ0) is 17.4. The fourth-order valence-corrected chi connectivity index (χ4v) is 3.52. The average molecular weight is 352 g/mol. The van der Waals surface area contributed by atoms with Gasteiger partial charge in [-0.3, -0.25) is 4.98 Å². The Balaban J connectivity index is 2.04. The van der Waals surface area contributed by atoms with Crippen molar-refractivity contribution in [2.24, 2.45) is 0 Å². The molecule has 0 spiro atoms. The molecule has 0 atom stereocenters. The van der Waals surface area contributed by atoms with E-state index in [1.165, 1.54) is 6.20 Å². The van der Waals surface area contributed by atoms with Crippen molar-refractivity contribution >= 4 is 20.7 Å². The van der Waals surface area contributed by atoms with Crippen molar-refractivity contribution in [1.82, 2.24) is 30.6 Å². The van der Waals surface area contributed by atoms with Crippen LogP contribution in [0.4, 0.5) is 0 Å². The van der Waals surface area contributed by atoms with E-state index < -0.39 is 9.84 Å². The Bertz CT molecular complexity index is 1170. The van der Waals surface area contributed by atoms with Crippen molar-refractivity contribution in [3.8, 4) is 22.5 Å². The van der Waals surface area contributed by atoms with E-state index >= 15 is 0 Å². The van der Waals surface area contributed by atoms with E-state index in [0.29, 0.717) is 11.1 Å². The van der Waals surface area contributed by atoms with Gasteiger partial charge in [0, 0.05) is 24.0 Å². The Hall–Kier alpha value is -3.20. The van der Waals surface area contributed by atoms with E-state index in [0.717, 1.165) is 22.7 Å². The monoisotopic (exact) mass is 352 g/mol. The predicted octanol–water partition coefficient (Wildman–Crippen LogP) is 1.88. The quantitative estimate of drug-likeness (QED) is 0.598. The number of nitrogens with one attached hydrogen (secondary N) is 1. The van der Waals surface area contributed by atoms with Crippen LogP contribution in [0, 0.1) is 0 Å². The topological polar surface area (TPSA) is 114 Å². The first-order chi connectivity index (χ1) is 12.0. The number of benzene rings is 1. The number of hydrogen-bond donors (Lipinski definition) is 1. The summed E-state index contributed by atoms with van der Waals surface area (Å²) in [6.07, 6.45) is 4.29. The first-order valence-corrected chi connectivity index (χ1v) is 9.21. The van der Waals surface area contributed by atoms with Crippen LogP contribution >= 0.6 is 0 Å². The zero-order valence-corrected chi connectivity index (χ0v) is 13.9. The standard InChI is InChI=1S/C16H12N6O2S/c1-25(23,24)16-14(15-19-21-22-20-15)12(6-8-18-16)10-4-5-13-11(9-10)3-2-7-17-13/h2-9H,1H3,(H,19,20,21,22). The summed E-state index contributed by atoms with van der Waals surface area (Å²) >= 11 is 0. The molecule has 0 fully saturated rings. The van der Waals surface area contributed by atoms with Gasteiger partial charge in [-0.2, -0.15) is 5.21 Å². The molecule has 0 bridgehead atoms. The molecule has 25 heavy (non-hydrogen) atoms. The Morgan fingerprint density at radius 3 is 2.68 bits per heavy atom. The molecule has 1 N–H and O–H groups in total. The highest BCUT2D eigenvalue weighted by molar-refractivity contribution is 7.90. The smallest absolute Gasteiger partial charge is 0.208 e. The normalized spacial score (nSPS) is 11.7. The zero-order valence-electron chi connectivity index (χ0n) is 13.1. The van der Waals surface area contributed by atoms with Gasteiger partial charge >= 0.3 is 0 Å². The van der Waals surface area contributed by atoms with Gasteiger partial charge in [-0.1, -0.05) is 12.1 Å². The average Bonchev–Trinajstić information content (AvgIpc) is 3.14. The summed E-state index contributed by atoms with van der Waals surface area (Å²) in [5, 5.41) is 14.6. The Morgan fingerprint density at radius 2 is 1.92 bits per heavy atom. The number of aromatic amines is 1. The molecule has 0 saturated carbocycles. The maximum absolute atomic E-state index is 12.2. The minimum atomic E-state index is -3.58. The van der Waals surface area contributed by atoms with Crippen LogP contribution in [0.25, 0.3) is 33.4 Å². The maximum atomic E-state index is 12.2. The second-order valence-electron chi connectivity index (χ2n) is 5.46. The number of tetrazole rings is 1. The summed E-state index contributed by atoms with van der Waals surface area (Å²) in [4.78, 5) is 8.33. The third-order valence-electron chi connectivity index (χ3n) is 3.75. The Kier molecular flexibility index (Phi) is 3.50. The van der Waals surface area contributed by atoms with Crippen LogP contribution in [0.1, 0.15) is 0 Å². The maximum Gasteiger partial charge on any atom is 0.208 e. The Labute approximate surface area is 142 Å². The molecule has 0 aliphatic rings. The molecule has 124 valence electrons. The highest BCUT2D eigenvalue weighted by Gasteiger charge is 2.23. The van der Waals surface area contributed by atoms with Gasteiger partial charge in [0.05, 0.1) is 11.1 Å². The molecule has 0 radical (unpaired) electrons. The van der Waals surface area contributed by atoms with Crippen molar-refractivity contribution < 1.29 is 8.42 Å². The molecule has 3 heterocycles. The second kappa shape index (κ2) is 5.71. The number of rotatable bonds is 3. The van der Waals surface area contributed by atoms with Gasteiger partial charge in [0.25, 0.3) is 0 Å². The Morgan fingerprint density at radius 1 is 1.04 bits per heavy atom. The summed E-state index contributed by atoms with van der Waals surface area (Å²) in [6.45, 7) is 0. The van der Waals surface area contributed by atoms with E-state index in [1.54, 1.807) is 12.3 Å². The van der Waals surface area contributed by atoms with Crippen LogP contribution in [0.15, 0.2) is 53.8 Å². The third-order valence-corrected chi connectivity index (χ3v) is 4.76. The highest BCUT2D eigenvalue weighted by atomic mass is 32.2. The van der Waals surface area contributed by atoms with Crippen LogP contribution in [-0.2, 0) is 9.84 Å². The number of H-pyrrole nitrogens is 1. The summed E-state index contributed by atoms with van der Waals surface area (Å²) in [5.41, 5.74) is 2.64. The summed E-state index contributed by atoms with van der Waals surface area (Å²) in [6, 6.07) is 11.2. The summed E-state index contributed by atoms with van der Waals surface area (Å²) < 4.78 is 24.4. The van der Waals surface area contributed by atoms with E-state index in [-0.39, 0.29) is 10.9 Å². The lowest BCUT2D eigenvalue weighted by molar-refractivity contribution is 0.598. The van der Waals surface area contributed by atoms with Gasteiger partial charge < -0.3 is 0 Å². The third kappa shape index (κ3) is 2.74. The van der Waals surface area contributed by atoms with E-state index in [1.807, 2.05) is 30.3 Å². The number of pyridine rings is 2. The van der Waals surface area contributed by atoms with Crippen molar-refractivity contribution in [1.29, 1.82) is 0 Å². The largest absolute Gasteiger partial charge is 0.256 e. The lowest BCUT2D eigenvalue weighted by Gasteiger charge is -2.11. The predicted molar refractivity (Wildman–Crippen MR) is 91.3 cm³/mol. The van der Waals surface area contributed by atoms with E-state index in [2.05, 4.69) is 30.6 Å². The minimum Gasteiger partial charge on any atom is -0.256 e. The van der Waals surface area contributed by atoms with Gasteiger partial charge in [-0.05, 0) is 40.6 Å².